The predicted molar refractivity (Wildman–Crippen MR) is 79.4 cm³/mol. The largest absolute Gasteiger partial charge is 0.497 e. The average molecular weight is 262 g/mol. The minimum Gasteiger partial charge on any atom is -0.497 e. The van der Waals surface area contributed by atoms with E-state index in [1.807, 2.05) is 12.1 Å². The lowest BCUT2D eigenvalue weighted by Gasteiger charge is -2.38. The predicted octanol–water partition coefficient (Wildman–Crippen LogP) is 2.82. The Morgan fingerprint density at radius 3 is 2.58 bits per heavy atom. The van der Waals surface area contributed by atoms with Gasteiger partial charge >= 0.3 is 0 Å². The van der Waals surface area contributed by atoms with Crippen molar-refractivity contribution in [2.75, 3.05) is 20.2 Å². The molecule has 3 heteroatoms. The first-order chi connectivity index (χ1) is 9.11. The summed E-state index contributed by atoms with van der Waals surface area (Å²) in [4.78, 5) is 2.53. The van der Waals surface area contributed by atoms with Crippen LogP contribution in [-0.2, 0) is 0 Å². The van der Waals surface area contributed by atoms with Crippen molar-refractivity contribution in [1.29, 1.82) is 0 Å². The van der Waals surface area contributed by atoms with Crippen LogP contribution in [0.25, 0.3) is 0 Å². The average Bonchev–Trinajstić information content (AvgIpc) is 2.46. The van der Waals surface area contributed by atoms with Gasteiger partial charge in [0.25, 0.3) is 0 Å². The van der Waals surface area contributed by atoms with Gasteiger partial charge in [0.1, 0.15) is 5.75 Å². The molecule has 1 heterocycles. The van der Waals surface area contributed by atoms with Crippen LogP contribution in [-0.4, -0.2) is 31.1 Å². The summed E-state index contributed by atoms with van der Waals surface area (Å²) in [7, 11) is 1.69. The summed E-state index contributed by atoms with van der Waals surface area (Å²) in [5.41, 5.74) is 7.61. The Balaban J connectivity index is 2.02. The van der Waals surface area contributed by atoms with Crippen molar-refractivity contribution in [3.05, 3.63) is 29.8 Å². The maximum absolute atomic E-state index is 6.42. The number of likely N-dealkylation sites (tertiary alicyclic amines) is 1. The number of ether oxygens (including phenoxy) is 1. The molecule has 0 radical (unpaired) electrons. The number of rotatable bonds is 4. The van der Waals surface area contributed by atoms with Gasteiger partial charge in [-0.15, -0.1) is 0 Å². The van der Waals surface area contributed by atoms with Crippen LogP contribution in [0.5, 0.6) is 5.75 Å². The Morgan fingerprint density at radius 2 is 2.00 bits per heavy atom. The molecule has 0 spiro atoms. The van der Waals surface area contributed by atoms with Crippen molar-refractivity contribution in [3.8, 4) is 5.75 Å². The second-order valence-electron chi connectivity index (χ2n) is 5.78. The first-order valence-electron chi connectivity index (χ1n) is 7.25. The summed E-state index contributed by atoms with van der Waals surface area (Å²) in [6, 6.07) is 8.58. The molecule has 3 atom stereocenters. The summed E-state index contributed by atoms with van der Waals surface area (Å²) in [5.74, 6) is 1.68. The van der Waals surface area contributed by atoms with Gasteiger partial charge in [-0.1, -0.05) is 19.1 Å². The van der Waals surface area contributed by atoms with Crippen LogP contribution < -0.4 is 10.5 Å². The van der Waals surface area contributed by atoms with Crippen LogP contribution in [0.15, 0.2) is 24.3 Å². The number of benzene rings is 1. The fourth-order valence-corrected chi connectivity index (χ4v) is 2.93. The van der Waals surface area contributed by atoms with Gasteiger partial charge in [0.2, 0.25) is 0 Å². The molecular formula is C16H26N2O. The van der Waals surface area contributed by atoms with E-state index in [0.29, 0.717) is 6.04 Å². The number of nitrogens with two attached hydrogens (primary N) is 1. The highest BCUT2D eigenvalue weighted by atomic mass is 16.5. The third-order valence-corrected chi connectivity index (χ3v) is 4.28. The minimum absolute atomic E-state index is 0.0659. The van der Waals surface area contributed by atoms with Crippen LogP contribution in [0.2, 0.25) is 0 Å². The van der Waals surface area contributed by atoms with Crippen molar-refractivity contribution >= 4 is 0 Å². The Kier molecular flexibility index (Phi) is 4.83. The molecule has 0 amide bonds. The van der Waals surface area contributed by atoms with E-state index in [-0.39, 0.29) is 6.04 Å². The van der Waals surface area contributed by atoms with Crippen molar-refractivity contribution in [3.63, 3.8) is 0 Å². The number of hydrogen-bond acceptors (Lipinski definition) is 3. The Hall–Kier alpha value is -1.06. The zero-order valence-electron chi connectivity index (χ0n) is 12.3. The zero-order valence-corrected chi connectivity index (χ0v) is 12.3. The maximum Gasteiger partial charge on any atom is 0.118 e. The first-order valence-corrected chi connectivity index (χ1v) is 7.25. The van der Waals surface area contributed by atoms with Crippen LogP contribution >= 0.6 is 0 Å². The highest BCUT2D eigenvalue weighted by Gasteiger charge is 2.25. The van der Waals surface area contributed by atoms with E-state index in [9.17, 15) is 0 Å². The smallest absolute Gasteiger partial charge is 0.118 e. The monoisotopic (exact) mass is 262 g/mol. The van der Waals surface area contributed by atoms with Gasteiger partial charge in [-0.2, -0.15) is 0 Å². The molecule has 0 bridgehead atoms. The molecule has 0 aliphatic carbocycles. The molecule has 0 saturated carbocycles. The van der Waals surface area contributed by atoms with E-state index < -0.39 is 0 Å². The molecule has 1 aliphatic rings. The topological polar surface area (TPSA) is 38.5 Å². The summed E-state index contributed by atoms with van der Waals surface area (Å²) in [5, 5.41) is 0. The molecule has 106 valence electrons. The van der Waals surface area contributed by atoms with Crippen molar-refractivity contribution in [2.24, 2.45) is 11.7 Å². The van der Waals surface area contributed by atoms with Gasteiger partial charge in [0, 0.05) is 18.6 Å². The summed E-state index contributed by atoms with van der Waals surface area (Å²) in [6.07, 6.45) is 2.64. The number of nitrogens with zero attached hydrogens (tertiary/aromatic N) is 1. The lowest BCUT2D eigenvalue weighted by Crippen LogP contribution is -2.45. The Labute approximate surface area is 116 Å². The third-order valence-electron chi connectivity index (χ3n) is 4.28. The van der Waals surface area contributed by atoms with Gasteiger partial charge in [-0.3, -0.25) is 4.90 Å². The van der Waals surface area contributed by atoms with Gasteiger partial charge in [0.15, 0.2) is 0 Å². The molecule has 1 aromatic rings. The van der Waals surface area contributed by atoms with E-state index in [4.69, 9.17) is 10.5 Å². The summed E-state index contributed by atoms with van der Waals surface area (Å²) >= 11 is 0. The molecule has 19 heavy (non-hydrogen) atoms. The second-order valence-corrected chi connectivity index (χ2v) is 5.78. The number of piperidine rings is 1. The van der Waals surface area contributed by atoms with Crippen LogP contribution in [0.1, 0.15) is 38.3 Å². The molecule has 2 rings (SSSR count). The van der Waals surface area contributed by atoms with Crippen LogP contribution in [0.3, 0.4) is 0 Å². The van der Waals surface area contributed by atoms with Gasteiger partial charge < -0.3 is 10.5 Å². The van der Waals surface area contributed by atoms with E-state index >= 15 is 0 Å². The lowest BCUT2D eigenvalue weighted by atomic mass is 9.94. The Morgan fingerprint density at radius 1 is 1.32 bits per heavy atom. The molecule has 3 nitrogen and oxygen atoms in total. The third kappa shape index (κ3) is 3.48. The molecule has 1 saturated heterocycles. The van der Waals surface area contributed by atoms with Gasteiger partial charge in [-0.25, -0.2) is 0 Å². The Bertz CT molecular complexity index is 390. The van der Waals surface area contributed by atoms with Crippen LogP contribution in [0.4, 0.5) is 0 Å². The standard InChI is InChI=1S/C16H26N2O/c1-12-5-4-10-18(11-12)13(2)16(17)14-6-8-15(19-3)9-7-14/h6-9,12-13,16H,4-5,10-11,17H2,1-3H3. The quantitative estimate of drug-likeness (QED) is 0.907. The van der Waals surface area contributed by atoms with Crippen molar-refractivity contribution < 1.29 is 4.74 Å². The molecule has 0 aromatic heterocycles. The van der Waals surface area contributed by atoms with E-state index in [1.54, 1.807) is 7.11 Å². The molecule has 1 aromatic carbocycles. The normalized spacial score (nSPS) is 23.9. The molecule has 1 aliphatic heterocycles. The van der Waals surface area contributed by atoms with Crippen molar-refractivity contribution in [1.82, 2.24) is 4.90 Å². The van der Waals surface area contributed by atoms with Gasteiger partial charge in [-0.05, 0) is 49.9 Å². The summed E-state index contributed by atoms with van der Waals surface area (Å²) < 4.78 is 5.19. The van der Waals surface area contributed by atoms with E-state index in [0.717, 1.165) is 11.7 Å². The maximum atomic E-state index is 6.42. The van der Waals surface area contributed by atoms with Crippen LogP contribution in [0, 0.1) is 5.92 Å². The van der Waals surface area contributed by atoms with Gasteiger partial charge in [0.05, 0.1) is 7.11 Å². The first kappa shape index (κ1) is 14.4. The molecule has 1 fully saturated rings. The summed E-state index contributed by atoms with van der Waals surface area (Å²) in [6.45, 7) is 6.92. The highest BCUT2D eigenvalue weighted by molar-refractivity contribution is 5.29. The molecular weight excluding hydrogens is 236 g/mol. The molecule has 2 N–H and O–H groups in total. The lowest BCUT2D eigenvalue weighted by molar-refractivity contribution is 0.122. The second kappa shape index (κ2) is 6.40. The zero-order chi connectivity index (χ0) is 13.8. The van der Waals surface area contributed by atoms with Crippen molar-refractivity contribution in [2.45, 2.75) is 38.8 Å². The number of hydrogen-bond donors (Lipinski definition) is 1. The fraction of sp³-hybridized carbons (Fsp3) is 0.625. The molecule has 3 unspecified atom stereocenters. The fourth-order valence-electron chi connectivity index (χ4n) is 2.93. The highest BCUT2D eigenvalue weighted by Crippen LogP contribution is 2.25. The SMILES string of the molecule is COc1ccc(C(N)C(C)N2CCCC(C)C2)cc1. The van der Waals surface area contributed by atoms with E-state index in [1.165, 1.54) is 31.5 Å². The number of methoxy groups -OCH3 is 1. The van der Waals surface area contributed by atoms with E-state index in [2.05, 4.69) is 30.9 Å². The minimum atomic E-state index is 0.0659.